The summed E-state index contributed by atoms with van der Waals surface area (Å²) in [5, 5.41) is 12.2. The average molecular weight is 294 g/mol. The summed E-state index contributed by atoms with van der Waals surface area (Å²) in [5.41, 5.74) is 6.95. The molecule has 0 saturated heterocycles. The zero-order valence-electron chi connectivity index (χ0n) is 6.64. The molecule has 5 heteroatoms. The maximum absolute atomic E-state index is 13.1. The molecular formula is C8H8FIN2O. The zero-order valence-corrected chi connectivity index (χ0v) is 8.80. The summed E-state index contributed by atoms with van der Waals surface area (Å²) in [5.74, 6) is -0.467. The number of hydrogen-bond acceptors (Lipinski definition) is 3. The van der Waals surface area contributed by atoms with Crippen molar-refractivity contribution in [3.63, 3.8) is 0 Å². The van der Waals surface area contributed by atoms with E-state index in [2.05, 4.69) is 5.32 Å². The molecule has 1 heterocycles. The van der Waals surface area contributed by atoms with Crippen molar-refractivity contribution in [2.45, 2.75) is 12.8 Å². The van der Waals surface area contributed by atoms with Crippen molar-refractivity contribution in [3.05, 3.63) is 26.6 Å². The molecule has 1 aliphatic rings. The molecule has 0 spiro atoms. The van der Waals surface area contributed by atoms with Gasteiger partial charge in [0.2, 0.25) is 0 Å². The Hall–Kier alpha value is -0.400. The van der Waals surface area contributed by atoms with E-state index in [0.717, 1.165) is 9.13 Å². The maximum atomic E-state index is 13.1. The predicted octanol–water partition coefficient (Wildman–Crippen LogP) is 1.11. The molecule has 0 fully saturated rings. The van der Waals surface area contributed by atoms with Crippen molar-refractivity contribution >= 4 is 28.3 Å². The van der Waals surface area contributed by atoms with Gasteiger partial charge in [-0.05, 0) is 34.2 Å². The topological polar surface area (TPSA) is 58.3 Å². The largest absolute Gasteiger partial charge is 0.396 e. The Bertz CT molecular complexity index is 370. The molecule has 0 amide bonds. The lowest BCUT2D eigenvalue weighted by Crippen LogP contribution is -2.11. The van der Waals surface area contributed by atoms with Crippen molar-refractivity contribution in [2.24, 2.45) is 0 Å². The highest BCUT2D eigenvalue weighted by atomic mass is 127. The molecular weight excluding hydrogens is 286 g/mol. The first-order chi connectivity index (χ1) is 6.11. The number of rotatable bonds is 0. The highest BCUT2D eigenvalue weighted by Crippen LogP contribution is 2.33. The number of nitrogens with two attached hydrogens (primary N) is 1. The van der Waals surface area contributed by atoms with E-state index in [4.69, 9.17) is 5.73 Å². The number of anilines is 1. The first-order valence-corrected chi connectivity index (χ1v) is 4.87. The fourth-order valence-electron chi connectivity index (χ4n) is 1.49. The molecule has 0 radical (unpaired) electrons. The van der Waals surface area contributed by atoms with E-state index < -0.39 is 12.0 Å². The molecule has 3 nitrogen and oxygen atoms in total. The molecule has 1 aliphatic heterocycles. The lowest BCUT2D eigenvalue weighted by atomic mass is 10.1. The van der Waals surface area contributed by atoms with Crippen LogP contribution in [0.3, 0.4) is 0 Å². The number of aliphatic hydroxyl groups is 1. The minimum atomic E-state index is -0.834. The number of fused-ring (bicyclic) bond motifs is 1. The third-order valence-corrected chi connectivity index (χ3v) is 3.12. The van der Waals surface area contributed by atoms with E-state index in [1.165, 1.54) is 6.07 Å². The van der Waals surface area contributed by atoms with Gasteiger partial charge in [-0.2, -0.15) is 0 Å². The van der Waals surface area contributed by atoms with Crippen LogP contribution in [0.1, 0.15) is 17.4 Å². The van der Waals surface area contributed by atoms with Crippen LogP contribution in [0, 0.1) is 9.39 Å². The van der Waals surface area contributed by atoms with Gasteiger partial charge in [-0.1, -0.05) is 0 Å². The van der Waals surface area contributed by atoms with Crippen molar-refractivity contribution in [1.29, 1.82) is 0 Å². The molecule has 4 N–H and O–H groups in total. The van der Waals surface area contributed by atoms with Gasteiger partial charge in [0.05, 0.1) is 5.69 Å². The van der Waals surface area contributed by atoms with Crippen LogP contribution in [0.25, 0.3) is 0 Å². The van der Waals surface area contributed by atoms with Gasteiger partial charge < -0.3 is 10.8 Å². The van der Waals surface area contributed by atoms with Crippen molar-refractivity contribution in [2.75, 3.05) is 5.73 Å². The first-order valence-electron chi connectivity index (χ1n) is 3.79. The molecule has 1 atom stereocenters. The van der Waals surface area contributed by atoms with E-state index in [-0.39, 0.29) is 5.69 Å². The fourth-order valence-corrected chi connectivity index (χ4v) is 2.24. The van der Waals surface area contributed by atoms with Crippen LogP contribution in [0.5, 0.6) is 0 Å². The predicted molar refractivity (Wildman–Crippen MR) is 55.3 cm³/mol. The van der Waals surface area contributed by atoms with E-state index in [0.29, 0.717) is 12.1 Å². The molecule has 0 bridgehead atoms. The zero-order chi connectivity index (χ0) is 9.59. The monoisotopic (exact) mass is 294 g/mol. The molecule has 2 rings (SSSR count). The summed E-state index contributed by atoms with van der Waals surface area (Å²) < 4.78 is 13.9. The Morgan fingerprint density at radius 2 is 2.38 bits per heavy atom. The second-order valence-electron chi connectivity index (χ2n) is 2.93. The van der Waals surface area contributed by atoms with Gasteiger partial charge in [0, 0.05) is 15.7 Å². The number of nitrogen functional groups attached to an aromatic ring is 1. The second kappa shape index (κ2) is 3.07. The third kappa shape index (κ3) is 1.31. The Labute approximate surface area is 88.3 Å². The average Bonchev–Trinajstić information content (AvgIpc) is 2.44. The van der Waals surface area contributed by atoms with Crippen molar-refractivity contribution in [1.82, 2.24) is 5.32 Å². The van der Waals surface area contributed by atoms with Crippen LogP contribution in [-0.4, -0.2) is 5.11 Å². The molecule has 0 saturated carbocycles. The Morgan fingerprint density at radius 3 is 3.08 bits per heavy atom. The Morgan fingerprint density at radius 1 is 1.69 bits per heavy atom. The van der Waals surface area contributed by atoms with Gasteiger partial charge in [0.1, 0.15) is 12.0 Å². The minimum Gasteiger partial charge on any atom is -0.396 e. The van der Waals surface area contributed by atoms with Crippen molar-refractivity contribution < 1.29 is 9.50 Å². The lowest BCUT2D eigenvalue weighted by Gasteiger charge is -2.09. The first kappa shape index (κ1) is 9.17. The fraction of sp³-hybridized carbons (Fsp3) is 0.250. The summed E-state index contributed by atoms with van der Waals surface area (Å²) in [6, 6.07) is 1.38. The summed E-state index contributed by atoms with van der Waals surface area (Å²) in [6.07, 6.45) is -0.834. The SMILES string of the molecule is Nc1c(F)cc(I)c2c1C(O)NC2. The third-order valence-electron chi connectivity index (χ3n) is 2.16. The molecule has 1 aromatic carbocycles. The van der Waals surface area contributed by atoms with Crippen LogP contribution < -0.4 is 11.1 Å². The minimum absolute atomic E-state index is 0.0490. The molecule has 13 heavy (non-hydrogen) atoms. The Kier molecular flexibility index (Phi) is 2.17. The summed E-state index contributed by atoms with van der Waals surface area (Å²) in [4.78, 5) is 0. The normalized spacial score (nSPS) is 20.4. The van der Waals surface area contributed by atoms with Crippen LogP contribution >= 0.6 is 22.6 Å². The van der Waals surface area contributed by atoms with E-state index in [9.17, 15) is 9.50 Å². The smallest absolute Gasteiger partial charge is 0.147 e. The highest BCUT2D eigenvalue weighted by Gasteiger charge is 2.26. The quantitative estimate of drug-likeness (QED) is 0.496. The van der Waals surface area contributed by atoms with Crippen LogP contribution in [0.4, 0.5) is 10.1 Å². The molecule has 1 aromatic rings. The summed E-state index contributed by atoms with van der Waals surface area (Å²) in [6.45, 7) is 0.541. The number of hydrogen-bond donors (Lipinski definition) is 3. The van der Waals surface area contributed by atoms with Crippen molar-refractivity contribution in [3.8, 4) is 0 Å². The van der Waals surface area contributed by atoms with Crippen LogP contribution in [-0.2, 0) is 6.54 Å². The van der Waals surface area contributed by atoms with Gasteiger partial charge in [0.15, 0.2) is 0 Å². The van der Waals surface area contributed by atoms with Crippen LogP contribution in [0.2, 0.25) is 0 Å². The number of benzene rings is 1. The van der Waals surface area contributed by atoms with Gasteiger partial charge in [-0.15, -0.1) is 0 Å². The van der Waals surface area contributed by atoms with E-state index >= 15 is 0 Å². The van der Waals surface area contributed by atoms with Gasteiger partial charge >= 0.3 is 0 Å². The standard InChI is InChI=1S/C8H8FIN2O/c9-4-1-5(10)3-2-12-8(13)6(3)7(4)11/h1,8,12-13H,2,11H2. The maximum Gasteiger partial charge on any atom is 0.147 e. The number of nitrogens with one attached hydrogen (secondary N) is 1. The van der Waals surface area contributed by atoms with Crippen LogP contribution in [0.15, 0.2) is 6.07 Å². The molecule has 0 aromatic heterocycles. The molecule has 0 aliphatic carbocycles. The molecule has 70 valence electrons. The second-order valence-corrected chi connectivity index (χ2v) is 4.09. The van der Waals surface area contributed by atoms with Gasteiger partial charge in [0.25, 0.3) is 0 Å². The number of aliphatic hydroxyl groups excluding tert-OH is 1. The van der Waals surface area contributed by atoms with E-state index in [1.54, 1.807) is 0 Å². The number of halogens is 2. The van der Waals surface area contributed by atoms with Gasteiger partial charge in [-0.25, -0.2) is 4.39 Å². The summed E-state index contributed by atoms with van der Waals surface area (Å²) >= 11 is 2.03. The summed E-state index contributed by atoms with van der Waals surface area (Å²) in [7, 11) is 0. The lowest BCUT2D eigenvalue weighted by molar-refractivity contribution is 0.152. The Balaban J connectivity index is 2.70. The molecule has 1 unspecified atom stereocenters. The van der Waals surface area contributed by atoms with E-state index in [1.807, 2.05) is 22.6 Å². The highest BCUT2D eigenvalue weighted by molar-refractivity contribution is 14.1. The van der Waals surface area contributed by atoms with Gasteiger partial charge in [-0.3, -0.25) is 5.32 Å².